The average molecular weight is 265 g/mol. The fraction of sp³-hybridized carbons (Fsp3) is 0.333. The van der Waals surface area contributed by atoms with Crippen LogP contribution in [0.3, 0.4) is 0 Å². The van der Waals surface area contributed by atoms with Crippen LogP contribution in [0.25, 0.3) is 5.57 Å². The third kappa shape index (κ3) is 3.20. The lowest BCUT2D eigenvalue weighted by Crippen LogP contribution is -2.06. The minimum Gasteiger partial charge on any atom is -0.460 e. The highest BCUT2D eigenvalue weighted by molar-refractivity contribution is 5.66. The Morgan fingerprint density at radius 2 is 2.16 bits per heavy atom. The second-order valence-corrected chi connectivity index (χ2v) is 4.48. The van der Waals surface area contributed by atoms with E-state index in [1.807, 2.05) is 19.1 Å². The summed E-state index contributed by atoms with van der Waals surface area (Å²) in [4.78, 5) is 0. The van der Waals surface area contributed by atoms with E-state index in [0.29, 0.717) is 12.2 Å². The summed E-state index contributed by atoms with van der Waals surface area (Å²) in [5.41, 5.74) is 6.81. The van der Waals surface area contributed by atoms with Gasteiger partial charge in [-0.2, -0.15) is 0 Å². The van der Waals surface area contributed by atoms with Crippen molar-refractivity contribution in [3.8, 4) is 0 Å². The molecule has 19 heavy (non-hydrogen) atoms. The van der Waals surface area contributed by atoms with Crippen LogP contribution in [0.4, 0.5) is 8.78 Å². The van der Waals surface area contributed by atoms with Crippen LogP contribution >= 0.6 is 0 Å². The van der Waals surface area contributed by atoms with E-state index in [4.69, 9.17) is 10.2 Å². The molecular weight excluding hydrogens is 248 g/mol. The first kappa shape index (κ1) is 13.7. The van der Waals surface area contributed by atoms with Crippen molar-refractivity contribution >= 4 is 5.57 Å². The van der Waals surface area contributed by atoms with Crippen LogP contribution < -0.4 is 5.73 Å². The number of alkyl halides is 2. The third-order valence-corrected chi connectivity index (χ3v) is 3.14. The van der Waals surface area contributed by atoms with Crippen LogP contribution in [0.5, 0.6) is 0 Å². The molecule has 0 bridgehead atoms. The van der Waals surface area contributed by atoms with E-state index in [0.717, 1.165) is 17.8 Å². The Morgan fingerprint density at radius 3 is 2.84 bits per heavy atom. The van der Waals surface area contributed by atoms with Crippen molar-refractivity contribution in [1.82, 2.24) is 0 Å². The maximum atomic E-state index is 12.6. The smallest absolute Gasteiger partial charge is 0.263 e. The minimum atomic E-state index is -2.44. The summed E-state index contributed by atoms with van der Waals surface area (Å²) in [6.07, 6.45) is 5.17. The van der Waals surface area contributed by atoms with Crippen molar-refractivity contribution < 1.29 is 13.2 Å². The zero-order valence-electron chi connectivity index (χ0n) is 10.8. The van der Waals surface area contributed by atoms with E-state index < -0.39 is 6.43 Å². The molecule has 4 heteroatoms. The molecule has 2 nitrogen and oxygen atoms in total. The Morgan fingerprint density at radius 1 is 1.37 bits per heavy atom. The topological polar surface area (TPSA) is 39.2 Å². The zero-order valence-corrected chi connectivity index (χ0v) is 10.8. The summed E-state index contributed by atoms with van der Waals surface area (Å²) in [5, 5.41) is 0. The van der Waals surface area contributed by atoms with Gasteiger partial charge in [-0.25, -0.2) is 8.78 Å². The van der Waals surface area contributed by atoms with Gasteiger partial charge in [0.15, 0.2) is 0 Å². The maximum Gasteiger partial charge on any atom is 0.263 e. The molecule has 0 aliphatic heterocycles. The van der Waals surface area contributed by atoms with Gasteiger partial charge >= 0.3 is 0 Å². The van der Waals surface area contributed by atoms with Gasteiger partial charge in [-0.05, 0) is 30.5 Å². The van der Waals surface area contributed by atoms with Gasteiger partial charge in [0.1, 0.15) is 11.5 Å². The van der Waals surface area contributed by atoms with Gasteiger partial charge in [0, 0.05) is 5.57 Å². The molecule has 1 atom stereocenters. The number of rotatable bonds is 4. The van der Waals surface area contributed by atoms with Gasteiger partial charge < -0.3 is 10.2 Å². The highest BCUT2D eigenvalue weighted by atomic mass is 19.3. The van der Waals surface area contributed by atoms with Crippen LogP contribution in [0, 0.1) is 0 Å². The van der Waals surface area contributed by atoms with Gasteiger partial charge in [-0.1, -0.05) is 31.2 Å². The Bertz CT molecular complexity index is 526. The van der Waals surface area contributed by atoms with E-state index in [-0.39, 0.29) is 11.6 Å². The molecule has 0 saturated carbocycles. The molecule has 0 fully saturated rings. The first-order chi connectivity index (χ1) is 9.11. The second-order valence-electron chi connectivity index (χ2n) is 4.48. The summed E-state index contributed by atoms with van der Waals surface area (Å²) in [6, 6.07) is 3.56. The molecule has 1 unspecified atom stereocenters. The van der Waals surface area contributed by atoms with Crippen molar-refractivity contribution in [1.29, 1.82) is 0 Å². The molecule has 1 aliphatic carbocycles. The number of halogens is 2. The van der Waals surface area contributed by atoms with Crippen LogP contribution in [0.2, 0.25) is 0 Å². The largest absolute Gasteiger partial charge is 0.460 e. The minimum absolute atomic E-state index is 0.0447. The Hall–Kier alpha value is -1.68. The number of furan rings is 1. The maximum absolute atomic E-state index is 12.6. The fourth-order valence-corrected chi connectivity index (χ4v) is 1.91. The highest BCUT2D eigenvalue weighted by Crippen LogP contribution is 2.27. The molecular formula is C15H17F2NO. The van der Waals surface area contributed by atoms with Gasteiger partial charge in [0.2, 0.25) is 0 Å². The van der Waals surface area contributed by atoms with Crippen molar-refractivity contribution in [3.63, 3.8) is 0 Å². The lowest BCUT2D eigenvalue weighted by molar-refractivity contribution is 0.194. The summed E-state index contributed by atoms with van der Waals surface area (Å²) in [6.45, 7) is 1.98. The van der Waals surface area contributed by atoms with E-state index in [1.54, 1.807) is 12.2 Å². The summed E-state index contributed by atoms with van der Waals surface area (Å²) >= 11 is 0. The SMILES string of the molecule is CCC(N)c1ccc(C2=CC=CC(C(F)F)=CC2)o1. The Kier molecular flexibility index (Phi) is 4.32. The summed E-state index contributed by atoms with van der Waals surface area (Å²) in [7, 11) is 0. The third-order valence-electron chi connectivity index (χ3n) is 3.14. The van der Waals surface area contributed by atoms with E-state index in [1.165, 1.54) is 12.2 Å². The van der Waals surface area contributed by atoms with Gasteiger partial charge in [0.05, 0.1) is 6.04 Å². The van der Waals surface area contributed by atoms with E-state index >= 15 is 0 Å². The van der Waals surface area contributed by atoms with Crippen LogP contribution in [0.1, 0.15) is 37.3 Å². The van der Waals surface area contributed by atoms with Crippen LogP contribution in [-0.4, -0.2) is 6.43 Å². The predicted octanol–water partition coefficient (Wildman–Crippen LogP) is 4.22. The Balaban J connectivity index is 2.18. The summed E-state index contributed by atoms with van der Waals surface area (Å²) < 4.78 is 30.9. The number of allylic oxidation sites excluding steroid dienone is 6. The second kappa shape index (κ2) is 5.97. The number of hydrogen-bond acceptors (Lipinski definition) is 2. The number of hydrogen-bond donors (Lipinski definition) is 1. The molecule has 1 aromatic rings. The van der Waals surface area contributed by atoms with E-state index in [9.17, 15) is 8.78 Å². The molecule has 2 rings (SSSR count). The van der Waals surface area contributed by atoms with Crippen molar-refractivity contribution in [2.24, 2.45) is 5.73 Å². The van der Waals surface area contributed by atoms with Crippen molar-refractivity contribution in [2.45, 2.75) is 32.2 Å². The molecule has 1 heterocycles. The van der Waals surface area contributed by atoms with Gasteiger partial charge in [-0.15, -0.1) is 0 Å². The standard InChI is InChI=1S/C15H17F2NO/c1-2-12(18)14-9-8-13(19-14)10-4-3-5-11(7-6-10)15(16)17/h3-5,7-9,12,15H,2,6,18H2,1H3. The molecule has 0 saturated heterocycles. The molecule has 0 aromatic carbocycles. The quantitative estimate of drug-likeness (QED) is 0.885. The van der Waals surface area contributed by atoms with Gasteiger partial charge in [0.25, 0.3) is 6.43 Å². The summed E-state index contributed by atoms with van der Waals surface area (Å²) in [5.74, 6) is 1.42. The molecule has 1 aliphatic rings. The average Bonchev–Trinajstić information content (AvgIpc) is 2.75. The van der Waals surface area contributed by atoms with Crippen molar-refractivity contribution in [3.05, 3.63) is 53.5 Å². The fourth-order valence-electron chi connectivity index (χ4n) is 1.91. The lowest BCUT2D eigenvalue weighted by atomic mass is 10.1. The molecule has 0 amide bonds. The Labute approximate surface area is 111 Å². The molecule has 1 aromatic heterocycles. The lowest BCUT2D eigenvalue weighted by Gasteiger charge is -2.04. The molecule has 102 valence electrons. The normalized spacial score (nSPS) is 17.1. The van der Waals surface area contributed by atoms with E-state index in [2.05, 4.69) is 0 Å². The predicted molar refractivity (Wildman–Crippen MR) is 71.7 cm³/mol. The molecule has 0 radical (unpaired) electrons. The molecule has 0 spiro atoms. The highest BCUT2D eigenvalue weighted by Gasteiger charge is 2.14. The zero-order chi connectivity index (χ0) is 13.8. The number of nitrogens with two attached hydrogens (primary N) is 1. The van der Waals surface area contributed by atoms with Gasteiger partial charge in [-0.3, -0.25) is 0 Å². The first-order valence-electron chi connectivity index (χ1n) is 6.33. The molecule has 2 N–H and O–H groups in total. The first-order valence-corrected chi connectivity index (χ1v) is 6.33. The van der Waals surface area contributed by atoms with Crippen LogP contribution in [-0.2, 0) is 0 Å². The van der Waals surface area contributed by atoms with Crippen LogP contribution in [0.15, 0.2) is 46.4 Å². The van der Waals surface area contributed by atoms with Crippen molar-refractivity contribution in [2.75, 3.05) is 0 Å². The monoisotopic (exact) mass is 265 g/mol.